The largest absolute Gasteiger partial charge is 0.341 e. The number of aromatic nitrogens is 1. The van der Waals surface area contributed by atoms with E-state index in [1.165, 1.54) is 18.4 Å². The highest BCUT2D eigenvalue weighted by molar-refractivity contribution is 5.79. The lowest BCUT2D eigenvalue weighted by Gasteiger charge is -2.33. The number of hydrogen-bond acceptors (Lipinski definition) is 4. The molecule has 0 aromatic carbocycles. The van der Waals surface area contributed by atoms with Crippen molar-refractivity contribution in [3.63, 3.8) is 0 Å². The van der Waals surface area contributed by atoms with Crippen LogP contribution < -0.4 is 5.32 Å². The second-order valence-electron chi connectivity index (χ2n) is 6.82. The maximum absolute atomic E-state index is 11.9. The third-order valence-electron chi connectivity index (χ3n) is 4.90. The average molecular weight is 316 g/mol. The van der Waals surface area contributed by atoms with Crippen LogP contribution in [0.3, 0.4) is 0 Å². The SMILES string of the molecule is CCCN1C[C@H](NC2CCN(Cc3cccnc3)CC2)CC1=O. The molecule has 2 saturated heterocycles. The van der Waals surface area contributed by atoms with E-state index in [0.717, 1.165) is 39.1 Å². The van der Waals surface area contributed by atoms with E-state index in [-0.39, 0.29) is 0 Å². The minimum Gasteiger partial charge on any atom is -0.341 e. The van der Waals surface area contributed by atoms with E-state index in [4.69, 9.17) is 0 Å². The van der Waals surface area contributed by atoms with Crippen LogP contribution in [0.2, 0.25) is 0 Å². The second kappa shape index (κ2) is 7.88. The van der Waals surface area contributed by atoms with Crippen LogP contribution in [0.15, 0.2) is 24.5 Å². The van der Waals surface area contributed by atoms with Gasteiger partial charge in [-0.2, -0.15) is 0 Å². The van der Waals surface area contributed by atoms with Crippen LogP contribution in [0.4, 0.5) is 0 Å². The second-order valence-corrected chi connectivity index (χ2v) is 6.82. The lowest BCUT2D eigenvalue weighted by Crippen LogP contribution is -2.46. The van der Waals surface area contributed by atoms with Gasteiger partial charge in [-0.1, -0.05) is 13.0 Å². The minimum absolute atomic E-state index is 0.318. The standard InChI is InChI=1S/C18H28N4O/c1-2-8-22-14-17(11-18(22)23)20-16-5-9-21(10-6-16)13-15-4-3-7-19-12-15/h3-4,7,12,16-17,20H,2,5-6,8-11,13-14H2,1H3/t17-/m1/s1. The number of nitrogens with zero attached hydrogens (tertiary/aromatic N) is 3. The van der Waals surface area contributed by atoms with Crippen molar-refractivity contribution < 1.29 is 4.79 Å². The van der Waals surface area contributed by atoms with Gasteiger partial charge < -0.3 is 10.2 Å². The predicted molar refractivity (Wildman–Crippen MR) is 90.9 cm³/mol. The molecule has 5 nitrogen and oxygen atoms in total. The van der Waals surface area contributed by atoms with Crippen molar-refractivity contribution in [2.75, 3.05) is 26.2 Å². The Morgan fingerprint density at radius 3 is 2.83 bits per heavy atom. The van der Waals surface area contributed by atoms with E-state index in [9.17, 15) is 4.79 Å². The summed E-state index contributed by atoms with van der Waals surface area (Å²) in [6, 6.07) is 5.05. The van der Waals surface area contributed by atoms with Gasteiger partial charge in [-0.15, -0.1) is 0 Å². The Hall–Kier alpha value is -1.46. The lowest BCUT2D eigenvalue weighted by atomic mass is 10.0. The number of likely N-dealkylation sites (tertiary alicyclic amines) is 2. The summed E-state index contributed by atoms with van der Waals surface area (Å²) in [6.07, 6.45) is 7.83. The van der Waals surface area contributed by atoms with Crippen LogP contribution in [0.1, 0.15) is 38.2 Å². The number of carbonyl (C=O) groups is 1. The highest BCUT2D eigenvalue weighted by Gasteiger charge is 2.31. The summed E-state index contributed by atoms with van der Waals surface area (Å²) in [5, 5.41) is 3.72. The Morgan fingerprint density at radius 1 is 1.30 bits per heavy atom. The molecular formula is C18H28N4O. The summed E-state index contributed by atoms with van der Waals surface area (Å²) in [5.41, 5.74) is 1.29. The molecule has 1 aromatic rings. The number of nitrogens with one attached hydrogen (secondary N) is 1. The Bertz CT molecular complexity index is 499. The molecule has 0 bridgehead atoms. The van der Waals surface area contributed by atoms with E-state index in [2.05, 4.69) is 28.2 Å². The molecule has 3 rings (SSSR count). The average Bonchev–Trinajstić information content (AvgIpc) is 2.90. The normalized spacial score (nSPS) is 23.6. The molecule has 2 aliphatic heterocycles. The number of carbonyl (C=O) groups excluding carboxylic acids is 1. The zero-order valence-corrected chi connectivity index (χ0v) is 14.1. The van der Waals surface area contributed by atoms with Crippen LogP contribution in [-0.2, 0) is 11.3 Å². The van der Waals surface area contributed by atoms with Gasteiger partial charge in [0.2, 0.25) is 5.91 Å². The lowest BCUT2D eigenvalue weighted by molar-refractivity contribution is -0.127. The number of pyridine rings is 1. The molecule has 0 aliphatic carbocycles. The van der Waals surface area contributed by atoms with E-state index < -0.39 is 0 Å². The Kier molecular flexibility index (Phi) is 5.62. The molecule has 2 aliphatic rings. The van der Waals surface area contributed by atoms with Crippen molar-refractivity contribution in [2.24, 2.45) is 0 Å². The van der Waals surface area contributed by atoms with Crippen molar-refractivity contribution in [2.45, 2.75) is 51.2 Å². The summed E-state index contributed by atoms with van der Waals surface area (Å²) >= 11 is 0. The Morgan fingerprint density at radius 2 is 2.13 bits per heavy atom. The van der Waals surface area contributed by atoms with E-state index >= 15 is 0 Å². The summed E-state index contributed by atoms with van der Waals surface area (Å²) in [6.45, 7) is 7.15. The fourth-order valence-corrected chi connectivity index (χ4v) is 3.71. The van der Waals surface area contributed by atoms with Crippen LogP contribution >= 0.6 is 0 Å². The van der Waals surface area contributed by atoms with Gasteiger partial charge in [-0.3, -0.25) is 14.7 Å². The van der Waals surface area contributed by atoms with Crippen LogP contribution in [0.5, 0.6) is 0 Å². The van der Waals surface area contributed by atoms with Crippen molar-refractivity contribution in [3.05, 3.63) is 30.1 Å². The molecule has 1 aromatic heterocycles. The first kappa shape index (κ1) is 16.4. The maximum Gasteiger partial charge on any atom is 0.224 e. The van der Waals surface area contributed by atoms with Crippen LogP contribution in [-0.4, -0.2) is 59.0 Å². The molecule has 1 amide bonds. The summed E-state index contributed by atoms with van der Waals surface area (Å²) < 4.78 is 0. The maximum atomic E-state index is 11.9. The number of piperidine rings is 1. The van der Waals surface area contributed by atoms with Gasteiger partial charge in [0.15, 0.2) is 0 Å². The quantitative estimate of drug-likeness (QED) is 0.867. The molecule has 5 heteroatoms. The van der Waals surface area contributed by atoms with Gasteiger partial charge in [0, 0.05) is 50.5 Å². The molecule has 2 fully saturated rings. The molecule has 23 heavy (non-hydrogen) atoms. The van der Waals surface area contributed by atoms with Gasteiger partial charge in [-0.25, -0.2) is 0 Å². The van der Waals surface area contributed by atoms with E-state index in [1.807, 2.05) is 23.4 Å². The highest BCUT2D eigenvalue weighted by atomic mass is 16.2. The first-order valence-electron chi connectivity index (χ1n) is 8.89. The van der Waals surface area contributed by atoms with Gasteiger partial charge in [0.25, 0.3) is 0 Å². The third kappa shape index (κ3) is 4.52. The van der Waals surface area contributed by atoms with Crippen LogP contribution in [0.25, 0.3) is 0 Å². The molecule has 0 saturated carbocycles. The summed E-state index contributed by atoms with van der Waals surface area (Å²) in [4.78, 5) is 20.6. The number of hydrogen-bond donors (Lipinski definition) is 1. The first-order chi connectivity index (χ1) is 11.2. The first-order valence-corrected chi connectivity index (χ1v) is 8.89. The minimum atomic E-state index is 0.318. The molecule has 1 atom stereocenters. The van der Waals surface area contributed by atoms with Gasteiger partial charge in [0.1, 0.15) is 0 Å². The monoisotopic (exact) mass is 316 g/mol. The molecule has 0 unspecified atom stereocenters. The zero-order chi connectivity index (χ0) is 16.1. The fraction of sp³-hybridized carbons (Fsp3) is 0.667. The highest BCUT2D eigenvalue weighted by Crippen LogP contribution is 2.17. The van der Waals surface area contributed by atoms with Crippen molar-refractivity contribution in [3.8, 4) is 0 Å². The molecular weight excluding hydrogens is 288 g/mol. The zero-order valence-electron chi connectivity index (χ0n) is 14.1. The Labute approximate surface area is 139 Å². The number of rotatable bonds is 6. The van der Waals surface area contributed by atoms with E-state index in [1.54, 1.807) is 0 Å². The van der Waals surface area contributed by atoms with Crippen molar-refractivity contribution >= 4 is 5.91 Å². The molecule has 1 N–H and O–H groups in total. The van der Waals surface area contributed by atoms with Crippen molar-refractivity contribution in [1.82, 2.24) is 20.1 Å². The van der Waals surface area contributed by atoms with Crippen LogP contribution in [0, 0.1) is 0 Å². The molecule has 0 radical (unpaired) electrons. The fourth-order valence-electron chi connectivity index (χ4n) is 3.71. The Balaban J connectivity index is 1.40. The van der Waals surface area contributed by atoms with Gasteiger partial charge >= 0.3 is 0 Å². The summed E-state index contributed by atoms with van der Waals surface area (Å²) in [7, 11) is 0. The van der Waals surface area contributed by atoms with Gasteiger partial charge in [-0.05, 0) is 44.0 Å². The molecule has 126 valence electrons. The topological polar surface area (TPSA) is 48.5 Å². The van der Waals surface area contributed by atoms with Crippen molar-refractivity contribution in [1.29, 1.82) is 0 Å². The van der Waals surface area contributed by atoms with Gasteiger partial charge in [0.05, 0.1) is 0 Å². The third-order valence-corrected chi connectivity index (χ3v) is 4.90. The summed E-state index contributed by atoms with van der Waals surface area (Å²) in [5.74, 6) is 0.318. The molecule has 0 spiro atoms. The smallest absolute Gasteiger partial charge is 0.224 e. The predicted octanol–water partition coefficient (Wildman–Crippen LogP) is 1.65. The van der Waals surface area contributed by atoms with E-state index in [0.29, 0.717) is 24.4 Å². The number of amides is 1. The molecule has 3 heterocycles.